The van der Waals surface area contributed by atoms with E-state index in [2.05, 4.69) is 10.5 Å². The molecule has 10 heteroatoms. The molecule has 0 saturated heterocycles. The predicted molar refractivity (Wildman–Crippen MR) is 124 cm³/mol. The normalized spacial score (nSPS) is 12.6. The van der Waals surface area contributed by atoms with Crippen LogP contribution in [0.5, 0.6) is 5.75 Å². The highest BCUT2D eigenvalue weighted by molar-refractivity contribution is 7.07. The molecule has 0 bridgehead atoms. The Morgan fingerprint density at radius 1 is 1.27 bits per heavy atom. The van der Waals surface area contributed by atoms with Gasteiger partial charge in [0.15, 0.2) is 11.1 Å². The van der Waals surface area contributed by atoms with E-state index in [0.717, 1.165) is 16.9 Å². The molecule has 3 N–H and O–H groups in total. The number of carbonyl (C=O) groups excluding carboxylic acids is 1. The molecule has 9 nitrogen and oxygen atoms in total. The number of hydrogen-bond acceptors (Lipinski definition) is 9. The van der Waals surface area contributed by atoms with Crippen molar-refractivity contribution < 1.29 is 19.4 Å². The molecule has 0 saturated carbocycles. The van der Waals surface area contributed by atoms with Gasteiger partial charge in [0, 0.05) is 5.69 Å². The van der Waals surface area contributed by atoms with E-state index in [-0.39, 0.29) is 26.9 Å². The van der Waals surface area contributed by atoms with Gasteiger partial charge in [-0.2, -0.15) is 10.4 Å². The van der Waals surface area contributed by atoms with Gasteiger partial charge in [0.05, 0.1) is 19.9 Å². The van der Waals surface area contributed by atoms with Crippen molar-refractivity contribution in [2.45, 2.75) is 6.92 Å². The van der Waals surface area contributed by atoms with E-state index in [1.54, 1.807) is 68.6 Å². The van der Waals surface area contributed by atoms with Crippen LogP contribution < -0.4 is 24.8 Å². The highest BCUT2D eigenvalue weighted by Gasteiger charge is 2.17. The predicted octanol–water partition coefficient (Wildman–Crippen LogP) is 1.51. The van der Waals surface area contributed by atoms with Crippen molar-refractivity contribution in [2.24, 2.45) is 5.10 Å². The highest BCUT2D eigenvalue weighted by atomic mass is 32.1. The van der Waals surface area contributed by atoms with Crippen LogP contribution in [0, 0.1) is 16.7 Å². The number of hydrogen-bond donors (Lipinski definition) is 3. The summed E-state index contributed by atoms with van der Waals surface area (Å²) in [6.45, 7) is 1.73. The molecule has 0 aliphatic heterocycles. The molecular formula is C23H21N5O4S. The first-order valence-corrected chi connectivity index (χ1v) is 10.6. The number of nitriles is 1. The first kappa shape index (κ1) is 23.3. The molecule has 2 aromatic carbocycles. The number of aromatic nitrogens is 1. The van der Waals surface area contributed by atoms with Gasteiger partial charge >= 0.3 is 5.97 Å². The summed E-state index contributed by atoms with van der Waals surface area (Å²) in [5.74, 6) is -0.495. The Kier molecular flexibility index (Phi) is 7.62. The molecule has 0 amide bonds. The number of rotatable bonds is 7. The largest absolute Gasteiger partial charge is 0.497 e. The molecule has 3 rings (SSSR count). The third kappa shape index (κ3) is 5.28. The zero-order chi connectivity index (χ0) is 23.8. The van der Waals surface area contributed by atoms with Crippen LogP contribution in [0.4, 0.5) is 0 Å². The molecule has 168 valence electrons. The van der Waals surface area contributed by atoms with Crippen molar-refractivity contribution in [3.8, 4) is 17.5 Å². The number of nitrogens with zero attached hydrogens (tertiary/aromatic N) is 3. The summed E-state index contributed by atoms with van der Waals surface area (Å²) in [4.78, 5) is 12.4. The van der Waals surface area contributed by atoms with Gasteiger partial charge in [-0.3, -0.25) is 9.98 Å². The molecule has 1 heterocycles. The zero-order valence-corrected chi connectivity index (χ0v) is 18.7. The number of nitrogens with one attached hydrogen (secondary N) is 2. The smallest absolute Gasteiger partial charge is 0.351 e. The van der Waals surface area contributed by atoms with E-state index in [0.29, 0.717) is 11.4 Å². The monoisotopic (exact) mass is 463 g/mol. The maximum absolute atomic E-state index is 12.4. The number of benzene rings is 2. The number of para-hydroxylation sites is 1. The number of thiazole rings is 1. The third-order valence-electron chi connectivity index (χ3n) is 4.38. The average Bonchev–Trinajstić information content (AvgIpc) is 3.17. The second-order valence-electron chi connectivity index (χ2n) is 6.45. The first-order chi connectivity index (χ1) is 16.0. The quantitative estimate of drug-likeness (QED) is 0.276. The van der Waals surface area contributed by atoms with Crippen LogP contribution in [0.15, 0.2) is 59.7 Å². The van der Waals surface area contributed by atoms with E-state index < -0.39 is 11.9 Å². The molecule has 0 fully saturated rings. The lowest BCUT2D eigenvalue weighted by molar-refractivity contribution is -0.136. The molecule has 0 aliphatic rings. The van der Waals surface area contributed by atoms with Gasteiger partial charge < -0.3 is 14.6 Å². The fraction of sp³-hybridized carbons (Fsp3) is 0.130. The van der Waals surface area contributed by atoms with E-state index in [9.17, 15) is 15.2 Å². The Morgan fingerprint density at radius 3 is 2.58 bits per heavy atom. The van der Waals surface area contributed by atoms with Crippen LogP contribution in [-0.4, -0.2) is 35.6 Å². The molecule has 0 unspecified atom stereocenters. The maximum Gasteiger partial charge on any atom is 0.351 e. The lowest BCUT2D eigenvalue weighted by Crippen LogP contribution is -2.34. The Hall–Kier alpha value is -4.36. The molecule has 0 spiro atoms. The maximum atomic E-state index is 12.4. The summed E-state index contributed by atoms with van der Waals surface area (Å²) in [5.41, 5.74) is 3.42. The van der Waals surface area contributed by atoms with Crippen LogP contribution in [-0.2, 0) is 9.53 Å². The molecule has 0 radical (unpaired) electrons. The Balaban J connectivity index is 2.12. The van der Waals surface area contributed by atoms with Crippen LogP contribution >= 0.6 is 11.3 Å². The summed E-state index contributed by atoms with van der Waals surface area (Å²) < 4.78 is 11.8. The number of methoxy groups -OCH3 is 1. The van der Waals surface area contributed by atoms with Crippen molar-refractivity contribution in [1.29, 1.82) is 10.7 Å². The molecule has 33 heavy (non-hydrogen) atoms. The molecule has 0 aliphatic carbocycles. The van der Waals surface area contributed by atoms with Crippen LogP contribution in [0.3, 0.4) is 0 Å². The van der Waals surface area contributed by atoms with Crippen LogP contribution in [0.2, 0.25) is 0 Å². The SMILES string of the molecule is CCOC(=O)/C(C#N)=c1/s/c(=C(/O)N/N=C/c2ccc(OC)cc2)c(=N)n1-c1ccccc1. The van der Waals surface area contributed by atoms with Crippen molar-refractivity contribution in [3.05, 3.63) is 74.8 Å². The summed E-state index contributed by atoms with van der Waals surface area (Å²) in [5, 5.41) is 32.8. The van der Waals surface area contributed by atoms with E-state index in [1.807, 2.05) is 6.07 Å². The van der Waals surface area contributed by atoms with Gasteiger partial charge in [-0.1, -0.05) is 18.2 Å². The number of aliphatic hydroxyl groups excluding tert-OH is 1. The van der Waals surface area contributed by atoms with Gasteiger partial charge in [0.25, 0.3) is 0 Å². The fourth-order valence-electron chi connectivity index (χ4n) is 2.83. The summed E-state index contributed by atoms with van der Waals surface area (Å²) in [6, 6.07) is 17.8. The Morgan fingerprint density at radius 2 is 1.97 bits per heavy atom. The minimum Gasteiger partial charge on any atom is -0.497 e. The van der Waals surface area contributed by atoms with Gasteiger partial charge in [0.1, 0.15) is 21.0 Å². The number of aliphatic hydroxyl groups is 1. The zero-order valence-electron chi connectivity index (χ0n) is 17.9. The standard InChI is InChI=1S/C23H21N5O4S/c1-3-32-23(30)18(13-24)22-28(16-7-5-4-6-8-16)20(25)19(33-22)21(29)27-26-14-15-9-11-17(31-2)12-10-15/h4-12,14,25,27,29H,3H2,1-2H3/b21-19+,22-18+,25-20?,26-14+. The number of esters is 1. The van der Waals surface area contributed by atoms with Crippen molar-refractivity contribution in [2.75, 3.05) is 13.7 Å². The third-order valence-corrected chi connectivity index (χ3v) is 5.55. The second kappa shape index (κ2) is 10.8. The number of carbonyl (C=O) groups is 1. The van der Waals surface area contributed by atoms with Crippen LogP contribution in [0.1, 0.15) is 12.5 Å². The molecule has 1 aromatic heterocycles. The molecule has 3 aromatic rings. The van der Waals surface area contributed by atoms with Crippen molar-refractivity contribution in [1.82, 2.24) is 9.99 Å². The van der Waals surface area contributed by atoms with Gasteiger partial charge in [-0.05, 0) is 48.9 Å². The lowest BCUT2D eigenvalue weighted by Gasteiger charge is -2.04. The summed E-state index contributed by atoms with van der Waals surface area (Å²) in [6.07, 6.45) is 1.49. The minimum atomic E-state index is -0.803. The lowest BCUT2D eigenvalue weighted by atomic mass is 10.2. The topological polar surface area (TPSA) is 133 Å². The molecule has 0 atom stereocenters. The Labute approximate surface area is 193 Å². The van der Waals surface area contributed by atoms with E-state index in [4.69, 9.17) is 14.9 Å². The first-order valence-electron chi connectivity index (χ1n) is 9.80. The Bertz CT molecular complexity index is 1380. The van der Waals surface area contributed by atoms with Crippen molar-refractivity contribution in [3.63, 3.8) is 0 Å². The summed E-state index contributed by atoms with van der Waals surface area (Å²) >= 11 is 0.902. The van der Waals surface area contributed by atoms with E-state index >= 15 is 0 Å². The second-order valence-corrected chi connectivity index (χ2v) is 7.45. The van der Waals surface area contributed by atoms with E-state index in [1.165, 1.54) is 10.8 Å². The van der Waals surface area contributed by atoms with Gasteiger partial charge in [0.2, 0.25) is 5.88 Å². The summed E-state index contributed by atoms with van der Waals surface area (Å²) in [7, 11) is 1.57. The average molecular weight is 464 g/mol. The van der Waals surface area contributed by atoms with Gasteiger partial charge in [-0.25, -0.2) is 10.2 Å². The number of ether oxygens (including phenoxy) is 2. The minimum absolute atomic E-state index is 0.0952. The van der Waals surface area contributed by atoms with Crippen LogP contribution in [0.25, 0.3) is 17.1 Å². The molecular weight excluding hydrogens is 442 g/mol. The van der Waals surface area contributed by atoms with Gasteiger partial charge in [-0.15, -0.1) is 11.3 Å². The van der Waals surface area contributed by atoms with Crippen molar-refractivity contribution >= 4 is 35.0 Å². The highest BCUT2D eigenvalue weighted by Crippen LogP contribution is 2.09. The fourth-order valence-corrected chi connectivity index (χ4v) is 3.88. The number of hydrazone groups is 1.